The van der Waals surface area contributed by atoms with Gasteiger partial charge in [0.2, 0.25) is 0 Å². The molecule has 32 heavy (non-hydrogen) atoms. The lowest BCUT2D eigenvalue weighted by Crippen LogP contribution is -1.98. The van der Waals surface area contributed by atoms with E-state index in [0.29, 0.717) is 0 Å². The van der Waals surface area contributed by atoms with E-state index < -0.39 is 0 Å². The molecular formula is C30H25NS. The van der Waals surface area contributed by atoms with E-state index in [1.807, 2.05) is 12.1 Å². The number of hydrogen-bond acceptors (Lipinski definition) is 2. The van der Waals surface area contributed by atoms with Crippen LogP contribution in [0.4, 0.5) is 5.69 Å². The SMILES string of the molecule is S=C=Nc1ccc(-c2ccc3c(c2)CC(C#Cc2ccc(CC4CCCC4)cc2)=C3)cc1. The number of benzene rings is 3. The van der Waals surface area contributed by atoms with Crippen molar-refractivity contribution in [2.24, 2.45) is 10.9 Å². The highest BCUT2D eigenvalue weighted by atomic mass is 32.1. The third-order valence-electron chi connectivity index (χ3n) is 6.55. The topological polar surface area (TPSA) is 12.4 Å². The highest BCUT2D eigenvalue weighted by molar-refractivity contribution is 7.78. The predicted octanol–water partition coefficient (Wildman–Crippen LogP) is 7.81. The first kappa shape index (κ1) is 20.7. The van der Waals surface area contributed by atoms with Gasteiger partial charge in [0.15, 0.2) is 0 Å². The van der Waals surface area contributed by atoms with Crippen molar-refractivity contribution in [2.45, 2.75) is 38.5 Å². The molecule has 1 saturated carbocycles. The molecule has 0 saturated heterocycles. The number of rotatable bonds is 4. The van der Waals surface area contributed by atoms with Gasteiger partial charge in [-0.3, -0.25) is 0 Å². The smallest absolute Gasteiger partial charge is 0.0739 e. The van der Waals surface area contributed by atoms with E-state index in [1.165, 1.54) is 65.5 Å². The molecule has 3 aromatic rings. The summed E-state index contributed by atoms with van der Waals surface area (Å²) in [5, 5.41) is 2.41. The predicted molar refractivity (Wildman–Crippen MR) is 137 cm³/mol. The number of allylic oxidation sites excluding steroid dienone is 1. The molecule has 0 radical (unpaired) electrons. The Bertz CT molecular complexity index is 1260. The van der Waals surface area contributed by atoms with Gasteiger partial charge in [-0.1, -0.05) is 80.0 Å². The second-order valence-corrected chi connectivity index (χ2v) is 8.99. The van der Waals surface area contributed by atoms with E-state index in [4.69, 9.17) is 0 Å². The summed E-state index contributed by atoms with van der Waals surface area (Å²) in [6, 6.07) is 23.6. The molecule has 0 aliphatic heterocycles. The van der Waals surface area contributed by atoms with Crippen LogP contribution in [0, 0.1) is 17.8 Å². The molecule has 2 aliphatic rings. The third kappa shape index (κ3) is 4.81. The summed E-state index contributed by atoms with van der Waals surface area (Å²) in [5.41, 5.74) is 9.54. The molecule has 1 fully saturated rings. The number of isothiocyanates is 1. The summed E-state index contributed by atoms with van der Waals surface area (Å²) in [5.74, 6) is 7.65. The Morgan fingerprint density at radius 2 is 1.59 bits per heavy atom. The first-order chi connectivity index (χ1) is 15.8. The maximum absolute atomic E-state index is 4.68. The van der Waals surface area contributed by atoms with Crippen LogP contribution >= 0.6 is 12.2 Å². The second kappa shape index (κ2) is 9.49. The van der Waals surface area contributed by atoms with Gasteiger partial charge in [-0.05, 0) is 82.7 Å². The highest BCUT2D eigenvalue weighted by Crippen LogP contribution is 2.31. The highest BCUT2D eigenvalue weighted by Gasteiger charge is 2.15. The average molecular weight is 432 g/mol. The van der Waals surface area contributed by atoms with Crippen molar-refractivity contribution in [1.29, 1.82) is 0 Å². The van der Waals surface area contributed by atoms with Gasteiger partial charge in [0.05, 0.1) is 10.8 Å². The maximum atomic E-state index is 4.68. The molecule has 0 amide bonds. The minimum absolute atomic E-state index is 0.829. The number of nitrogens with zero attached hydrogens (tertiary/aromatic N) is 1. The molecule has 0 unspecified atom stereocenters. The van der Waals surface area contributed by atoms with E-state index in [2.05, 4.69) is 94.9 Å². The molecule has 1 nitrogen and oxygen atoms in total. The Morgan fingerprint density at radius 1 is 0.844 bits per heavy atom. The molecule has 5 rings (SSSR count). The van der Waals surface area contributed by atoms with Crippen molar-refractivity contribution in [3.05, 3.63) is 94.6 Å². The van der Waals surface area contributed by atoms with Crippen LogP contribution in [0.3, 0.4) is 0 Å². The number of aliphatic imine (C=N–C) groups is 1. The van der Waals surface area contributed by atoms with Gasteiger partial charge in [-0.2, -0.15) is 4.99 Å². The van der Waals surface area contributed by atoms with E-state index in [9.17, 15) is 0 Å². The molecule has 2 aliphatic carbocycles. The Morgan fingerprint density at radius 3 is 2.34 bits per heavy atom. The zero-order valence-corrected chi connectivity index (χ0v) is 18.9. The van der Waals surface area contributed by atoms with E-state index in [-0.39, 0.29) is 0 Å². The molecule has 156 valence electrons. The third-order valence-corrected chi connectivity index (χ3v) is 6.64. The fourth-order valence-electron chi connectivity index (χ4n) is 4.81. The molecule has 0 aromatic heterocycles. The van der Waals surface area contributed by atoms with Crippen molar-refractivity contribution in [1.82, 2.24) is 0 Å². The van der Waals surface area contributed by atoms with Crippen LogP contribution in [-0.2, 0) is 12.8 Å². The fraction of sp³-hybridized carbons (Fsp3) is 0.233. The van der Waals surface area contributed by atoms with Crippen LogP contribution in [-0.4, -0.2) is 5.16 Å². The zero-order valence-electron chi connectivity index (χ0n) is 18.1. The summed E-state index contributed by atoms with van der Waals surface area (Å²) in [4.78, 5) is 4.02. The first-order valence-electron chi connectivity index (χ1n) is 11.4. The van der Waals surface area contributed by atoms with Gasteiger partial charge in [-0.25, -0.2) is 0 Å². The van der Waals surface area contributed by atoms with Crippen LogP contribution in [0.5, 0.6) is 0 Å². The summed E-state index contributed by atoms with van der Waals surface area (Å²) >= 11 is 4.68. The van der Waals surface area contributed by atoms with E-state index in [0.717, 1.165) is 23.6 Å². The number of thiocarbonyl (C=S) groups is 1. The quantitative estimate of drug-likeness (QED) is 0.233. The van der Waals surface area contributed by atoms with Crippen molar-refractivity contribution < 1.29 is 0 Å². The lowest BCUT2D eigenvalue weighted by atomic mass is 9.97. The Kier molecular flexibility index (Phi) is 6.13. The normalized spacial score (nSPS) is 14.8. The van der Waals surface area contributed by atoms with E-state index in [1.54, 1.807) is 0 Å². The van der Waals surface area contributed by atoms with Crippen molar-refractivity contribution in [3.8, 4) is 23.0 Å². The lowest BCUT2D eigenvalue weighted by molar-refractivity contribution is 0.546. The van der Waals surface area contributed by atoms with Crippen LogP contribution in [0.1, 0.15) is 47.9 Å². The minimum atomic E-state index is 0.829. The molecule has 0 heterocycles. The van der Waals surface area contributed by atoms with Crippen molar-refractivity contribution >= 4 is 29.1 Å². The summed E-state index contributed by atoms with van der Waals surface area (Å²) in [7, 11) is 0. The van der Waals surface area contributed by atoms with Gasteiger partial charge in [0, 0.05) is 17.6 Å². The van der Waals surface area contributed by atoms with Gasteiger partial charge in [0.25, 0.3) is 0 Å². The van der Waals surface area contributed by atoms with E-state index >= 15 is 0 Å². The number of hydrogen-bond donors (Lipinski definition) is 0. The van der Waals surface area contributed by atoms with Gasteiger partial charge in [0.1, 0.15) is 0 Å². The van der Waals surface area contributed by atoms with Crippen LogP contribution in [0.25, 0.3) is 17.2 Å². The molecular weight excluding hydrogens is 406 g/mol. The summed E-state index contributed by atoms with van der Waals surface area (Å²) in [6.45, 7) is 0. The minimum Gasteiger partial charge on any atom is -0.195 e. The largest absolute Gasteiger partial charge is 0.195 e. The Hall–Kier alpha value is -3.24. The zero-order chi connectivity index (χ0) is 21.8. The van der Waals surface area contributed by atoms with Crippen LogP contribution in [0.2, 0.25) is 0 Å². The molecule has 0 N–H and O–H groups in total. The standard InChI is InChI=1S/C30H25NS/c32-21-31-30-15-13-26(14-16-30)28-12-11-27-18-25(19-29(27)20-28)10-7-22-5-8-24(9-6-22)17-23-3-1-2-4-23/h5-6,8-9,11-16,18,20,23H,1-4,17,19H2. The number of fused-ring (bicyclic) bond motifs is 1. The first-order valence-corrected chi connectivity index (χ1v) is 11.8. The molecule has 0 atom stereocenters. The van der Waals surface area contributed by atoms with Crippen molar-refractivity contribution in [3.63, 3.8) is 0 Å². The maximum Gasteiger partial charge on any atom is 0.0739 e. The lowest BCUT2D eigenvalue weighted by Gasteiger charge is -2.08. The molecule has 0 bridgehead atoms. The summed E-state index contributed by atoms with van der Waals surface area (Å²) < 4.78 is 0. The van der Waals surface area contributed by atoms with Gasteiger partial charge < -0.3 is 0 Å². The van der Waals surface area contributed by atoms with Crippen molar-refractivity contribution in [2.75, 3.05) is 0 Å². The fourth-order valence-corrected chi connectivity index (χ4v) is 4.91. The second-order valence-electron chi connectivity index (χ2n) is 8.81. The molecule has 0 spiro atoms. The average Bonchev–Trinajstić information content (AvgIpc) is 3.48. The Balaban J connectivity index is 1.25. The summed E-state index contributed by atoms with van der Waals surface area (Å²) in [6.07, 6.45) is 9.93. The van der Waals surface area contributed by atoms with Gasteiger partial charge >= 0.3 is 0 Å². The molecule has 3 aromatic carbocycles. The van der Waals surface area contributed by atoms with Crippen LogP contribution < -0.4 is 0 Å². The van der Waals surface area contributed by atoms with Gasteiger partial charge in [-0.15, -0.1) is 0 Å². The Labute approximate surface area is 195 Å². The monoisotopic (exact) mass is 431 g/mol. The van der Waals surface area contributed by atoms with Crippen LogP contribution in [0.15, 0.2) is 77.3 Å². The molecule has 2 heteroatoms.